The predicted octanol–water partition coefficient (Wildman–Crippen LogP) is 5.87. The van der Waals surface area contributed by atoms with Crippen LogP contribution in [0.5, 0.6) is 5.75 Å². The second-order valence-corrected chi connectivity index (χ2v) is 11.0. The van der Waals surface area contributed by atoms with Crippen LogP contribution in [0.2, 0.25) is 0 Å². The molecule has 0 spiro atoms. The van der Waals surface area contributed by atoms with Gasteiger partial charge in [0.2, 0.25) is 0 Å². The lowest BCUT2D eigenvalue weighted by molar-refractivity contribution is -0.137. The minimum absolute atomic E-state index is 0.213. The van der Waals surface area contributed by atoms with Crippen LogP contribution in [0.15, 0.2) is 36.4 Å². The average Bonchev–Trinajstić information content (AvgIpc) is 2.94. The molecule has 0 aromatic heterocycles. The number of hydrogen-bond donors (Lipinski definition) is 1. The van der Waals surface area contributed by atoms with Gasteiger partial charge in [0.25, 0.3) is 5.91 Å². The molecule has 1 amide bonds. The highest BCUT2D eigenvalue weighted by Gasteiger charge is 2.30. The molecule has 39 heavy (non-hydrogen) atoms. The van der Waals surface area contributed by atoms with E-state index in [2.05, 4.69) is 36.2 Å². The molecule has 1 saturated heterocycles. The fourth-order valence-electron chi connectivity index (χ4n) is 5.65. The Labute approximate surface area is 230 Å². The first-order valence-corrected chi connectivity index (χ1v) is 14.3. The Morgan fingerprint density at radius 3 is 2.31 bits per heavy atom. The zero-order valence-electron chi connectivity index (χ0n) is 23.3. The Kier molecular flexibility index (Phi) is 10.3. The monoisotopic (exact) mass is 545 g/mol. The highest BCUT2D eigenvalue weighted by molar-refractivity contribution is 5.94. The maximum atomic E-state index is 12.8. The van der Waals surface area contributed by atoms with Gasteiger partial charge in [-0.05, 0) is 92.6 Å². The number of carbonyl (C=O) groups excluding carboxylic acids is 1. The third kappa shape index (κ3) is 8.21. The standard InChI is InChI=1S/C31H42F3N3O2/c1-23-24(2)29(39-21-15-35-22-25-6-4-3-5-7-25)13-10-26(23)14-16-36-17-19-37(20-18-36)30(38)27-8-11-28(12-9-27)31(32,33)34/h8-13,25,35H,3-7,14-22H2,1-2H3. The van der Waals surface area contributed by atoms with E-state index in [4.69, 9.17) is 4.74 Å². The maximum absolute atomic E-state index is 12.8. The molecule has 1 heterocycles. The molecule has 0 unspecified atom stereocenters. The number of alkyl halides is 3. The average molecular weight is 546 g/mol. The van der Waals surface area contributed by atoms with Crippen molar-refractivity contribution in [1.29, 1.82) is 0 Å². The van der Waals surface area contributed by atoms with Crippen molar-refractivity contribution in [3.8, 4) is 5.75 Å². The van der Waals surface area contributed by atoms with Crippen LogP contribution in [-0.4, -0.2) is 68.1 Å². The summed E-state index contributed by atoms with van der Waals surface area (Å²) in [5, 5.41) is 3.56. The minimum Gasteiger partial charge on any atom is -0.492 e. The first-order valence-electron chi connectivity index (χ1n) is 14.3. The Bertz CT molecular complexity index is 1070. The Morgan fingerprint density at radius 1 is 0.949 bits per heavy atom. The predicted molar refractivity (Wildman–Crippen MR) is 148 cm³/mol. The lowest BCUT2D eigenvalue weighted by atomic mass is 9.89. The normalized spacial score (nSPS) is 17.4. The molecular formula is C31H42F3N3O2. The second-order valence-electron chi connectivity index (χ2n) is 11.0. The maximum Gasteiger partial charge on any atom is 0.416 e. The lowest BCUT2D eigenvalue weighted by Crippen LogP contribution is -2.49. The summed E-state index contributed by atoms with van der Waals surface area (Å²) in [6, 6.07) is 8.73. The highest BCUT2D eigenvalue weighted by Crippen LogP contribution is 2.29. The van der Waals surface area contributed by atoms with Gasteiger partial charge in [-0.3, -0.25) is 9.69 Å². The fourth-order valence-corrected chi connectivity index (χ4v) is 5.65. The molecule has 0 radical (unpaired) electrons. The summed E-state index contributed by atoms with van der Waals surface area (Å²) < 4.78 is 44.5. The van der Waals surface area contributed by atoms with Crippen LogP contribution in [0, 0.1) is 19.8 Å². The molecule has 1 aliphatic carbocycles. The van der Waals surface area contributed by atoms with Crippen molar-refractivity contribution < 1.29 is 22.7 Å². The number of rotatable bonds is 10. The smallest absolute Gasteiger partial charge is 0.416 e. The number of amides is 1. The molecule has 214 valence electrons. The van der Waals surface area contributed by atoms with Crippen LogP contribution in [0.4, 0.5) is 13.2 Å². The number of nitrogens with one attached hydrogen (secondary N) is 1. The van der Waals surface area contributed by atoms with Crippen molar-refractivity contribution in [2.24, 2.45) is 5.92 Å². The van der Waals surface area contributed by atoms with Gasteiger partial charge >= 0.3 is 6.18 Å². The first kappa shape index (κ1) is 29.4. The van der Waals surface area contributed by atoms with Crippen molar-refractivity contribution in [2.45, 2.75) is 58.5 Å². The summed E-state index contributed by atoms with van der Waals surface area (Å²) in [4.78, 5) is 16.8. The van der Waals surface area contributed by atoms with Gasteiger partial charge in [0.15, 0.2) is 0 Å². The van der Waals surface area contributed by atoms with Crippen molar-refractivity contribution >= 4 is 5.91 Å². The molecule has 2 aromatic rings. The van der Waals surface area contributed by atoms with Gasteiger partial charge in [-0.25, -0.2) is 0 Å². The van der Waals surface area contributed by atoms with E-state index in [1.54, 1.807) is 4.90 Å². The molecule has 0 atom stereocenters. The summed E-state index contributed by atoms with van der Waals surface area (Å²) >= 11 is 0. The molecule has 1 saturated carbocycles. The van der Waals surface area contributed by atoms with E-state index in [1.807, 2.05) is 0 Å². The van der Waals surface area contributed by atoms with Crippen LogP contribution in [-0.2, 0) is 12.6 Å². The van der Waals surface area contributed by atoms with Gasteiger partial charge in [-0.1, -0.05) is 25.3 Å². The first-order chi connectivity index (χ1) is 18.7. The van der Waals surface area contributed by atoms with Gasteiger partial charge in [0.05, 0.1) is 5.56 Å². The van der Waals surface area contributed by atoms with Gasteiger partial charge in [0.1, 0.15) is 12.4 Å². The topological polar surface area (TPSA) is 44.8 Å². The molecule has 1 aliphatic heterocycles. The van der Waals surface area contributed by atoms with E-state index >= 15 is 0 Å². The fraction of sp³-hybridized carbons (Fsp3) is 0.581. The molecule has 2 aromatic carbocycles. The highest BCUT2D eigenvalue weighted by atomic mass is 19.4. The van der Waals surface area contributed by atoms with E-state index in [1.165, 1.54) is 60.9 Å². The molecule has 8 heteroatoms. The van der Waals surface area contributed by atoms with E-state index in [-0.39, 0.29) is 5.91 Å². The Morgan fingerprint density at radius 2 is 1.64 bits per heavy atom. The van der Waals surface area contributed by atoms with E-state index in [0.29, 0.717) is 25.3 Å². The van der Waals surface area contributed by atoms with Gasteiger partial charge in [-0.2, -0.15) is 13.2 Å². The third-order valence-corrected chi connectivity index (χ3v) is 8.36. The van der Waals surface area contributed by atoms with E-state index < -0.39 is 11.7 Å². The zero-order valence-corrected chi connectivity index (χ0v) is 23.3. The van der Waals surface area contributed by atoms with Crippen LogP contribution in [0.25, 0.3) is 0 Å². The van der Waals surface area contributed by atoms with Crippen LogP contribution in [0.1, 0.15) is 64.7 Å². The van der Waals surface area contributed by atoms with Crippen LogP contribution < -0.4 is 10.1 Å². The molecule has 2 fully saturated rings. The molecule has 0 bridgehead atoms. The number of nitrogens with zero attached hydrogens (tertiary/aromatic N) is 2. The lowest BCUT2D eigenvalue weighted by Gasteiger charge is -2.35. The number of carbonyl (C=O) groups is 1. The van der Waals surface area contributed by atoms with Crippen molar-refractivity contribution in [3.05, 3.63) is 64.2 Å². The van der Waals surface area contributed by atoms with E-state index in [0.717, 1.165) is 62.9 Å². The summed E-state index contributed by atoms with van der Waals surface area (Å²) in [6.07, 6.45) is 3.35. The van der Waals surface area contributed by atoms with Gasteiger partial charge in [-0.15, -0.1) is 0 Å². The van der Waals surface area contributed by atoms with E-state index in [9.17, 15) is 18.0 Å². The zero-order chi connectivity index (χ0) is 27.8. The van der Waals surface area contributed by atoms with Crippen LogP contribution in [0.3, 0.4) is 0 Å². The number of piperazine rings is 1. The van der Waals surface area contributed by atoms with Crippen molar-refractivity contribution in [3.63, 3.8) is 0 Å². The second kappa shape index (κ2) is 13.7. The summed E-state index contributed by atoms with van der Waals surface area (Å²) in [5.41, 5.74) is 3.31. The Balaban J connectivity index is 1.18. The SMILES string of the molecule is Cc1c(CCN2CCN(C(=O)c3ccc(C(F)(F)F)cc3)CC2)ccc(OCCNCC2CCCCC2)c1C. The van der Waals surface area contributed by atoms with Crippen molar-refractivity contribution in [2.75, 3.05) is 52.4 Å². The summed E-state index contributed by atoms with van der Waals surface area (Å²) in [7, 11) is 0. The molecular weight excluding hydrogens is 503 g/mol. The molecule has 1 N–H and O–H groups in total. The number of benzene rings is 2. The molecule has 2 aliphatic rings. The largest absolute Gasteiger partial charge is 0.492 e. The third-order valence-electron chi connectivity index (χ3n) is 8.36. The molecule has 5 nitrogen and oxygen atoms in total. The number of halogens is 3. The van der Waals surface area contributed by atoms with Crippen LogP contribution >= 0.6 is 0 Å². The Hall–Kier alpha value is -2.58. The molecule has 4 rings (SSSR count). The summed E-state index contributed by atoms with van der Waals surface area (Å²) in [5.74, 6) is 1.56. The van der Waals surface area contributed by atoms with Gasteiger partial charge in [0, 0.05) is 44.8 Å². The van der Waals surface area contributed by atoms with Gasteiger partial charge < -0.3 is 15.0 Å². The minimum atomic E-state index is -4.40. The number of hydrogen-bond acceptors (Lipinski definition) is 4. The summed E-state index contributed by atoms with van der Waals surface area (Å²) in [6.45, 7) is 10.4. The van der Waals surface area contributed by atoms with Crippen molar-refractivity contribution in [1.82, 2.24) is 15.1 Å². The number of ether oxygens (including phenoxy) is 1. The quantitative estimate of drug-likeness (QED) is 0.379.